The second kappa shape index (κ2) is 5.34. The summed E-state index contributed by atoms with van der Waals surface area (Å²) < 4.78 is 0. The van der Waals surface area contributed by atoms with Crippen LogP contribution in [0, 0.1) is 81.9 Å². The molecular weight excluding hydrogens is 312 g/mol. The molecule has 8 saturated carbocycles. The first-order valence-electron chi connectivity index (χ1n) is 11.5. The lowest BCUT2D eigenvalue weighted by Crippen LogP contribution is -2.65. The fourth-order valence-electron chi connectivity index (χ4n) is 10.3. The second-order valence-electron chi connectivity index (χ2n) is 11.3. The van der Waals surface area contributed by atoms with E-state index in [0.717, 1.165) is 35.5 Å². The number of hydrogen-bond donors (Lipinski definition) is 0. The van der Waals surface area contributed by atoms with Gasteiger partial charge in [-0.05, 0) is 124 Å². The molecule has 0 aliphatic heterocycles. The molecule has 26 heavy (non-hydrogen) atoms. The van der Waals surface area contributed by atoms with Gasteiger partial charge in [0.2, 0.25) is 0 Å². The lowest BCUT2D eigenvalue weighted by molar-refractivity contribution is -0.227. The summed E-state index contributed by atoms with van der Waals surface area (Å²) in [6.07, 6.45) is 15.3. The summed E-state index contributed by atoms with van der Waals surface area (Å²) in [6.45, 7) is 4.15. The van der Waals surface area contributed by atoms with Crippen LogP contribution < -0.4 is 0 Å². The fourth-order valence-corrected chi connectivity index (χ4v) is 10.3. The van der Waals surface area contributed by atoms with Gasteiger partial charge >= 0.3 is 0 Å². The molecule has 8 bridgehead atoms. The molecule has 0 aromatic rings. The Morgan fingerprint density at radius 1 is 0.654 bits per heavy atom. The maximum Gasteiger partial charge on any atom is 0.0304 e. The van der Waals surface area contributed by atoms with E-state index in [9.17, 15) is 0 Å². The summed E-state index contributed by atoms with van der Waals surface area (Å²) in [7, 11) is 0. The summed E-state index contributed by atoms with van der Waals surface area (Å²) in [6, 6.07) is 0. The molecular formula is C26H34. The molecule has 0 saturated heterocycles. The van der Waals surface area contributed by atoms with Crippen LogP contribution in [0.2, 0.25) is 0 Å². The summed E-state index contributed by atoms with van der Waals surface area (Å²) in [5.74, 6) is 21.5. The molecule has 0 heterocycles. The molecule has 8 aliphatic carbocycles. The lowest BCUT2D eigenvalue weighted by Gasteiger charge is -2.72. The zero-order chi connectivity index (χ0) is 17.5. The van der Waals surface area contributed by atoms with Crippen LogP contribution in [0.25, 0.3) is 0 Å². The zero-order valence-electron chi connectivity index (χ0n) is 16.7. The van der Waals surface area contributed by atoms with Gasteiger partial charge in [-0.15, -0.1) is 11.8 Å². The molecule has 0 amide bonds. The third-order valence-corrected chi connectivity index (χ3v) is 10.2. The molecule has 6 atom stereocenters. The van der Waals surface area contributed by atoms with Gasteiger partial charge in [0.25, 0.3) is 0 Å². The topological polar surface area (TPSA) is 0 Å². The molecule has 0 nitrogen and oxygen atoms in total. The van der Waals surface area contributed by atoms with Gasteiger partial charge in [0.1, 0.15) is 0 Å². The average molecular weight is 347 g/mol. The van der Waals surface area contributed by atoms with E-state index in [1.54, 1.807) is 38.5 Å². The quantitative estimate of drug-likeness (QED) is 0.517. The predicted molar refractivity (Wildman–Crippen MR) is 106 cm³/mol. The van der Waals surface area contributed by atoms with Gasteiger partial charge in [-0.25, -0.2) is 0 Å². The van der Waals surface area contributed by atoms with Crippen molar-refractivity contribution in [3.05, 3.63) is 0 Å². The molecule has 0 spiro atoms. The minimum atomic E-state index is 0.564. The van der Waals surface area contributed by atoms with Crippen LogP contribution in [0.5, 0.6) is 0 Å². The minimum Gasteiger partial charge on any atom is -0.106 e. The van der Waals surface area contributed by atoms with Gasteiger partial charge in [-0.3, -0.25) is 0 Å². The molecule has 0 heteroatoms. The first-order chi connectivity index (χ1) is 12.7. The van der Waals surface area contributed by atoms with Crippen molar-refractivity contribution >= 4 is 0 Å². The highest BCUT2D eigenvalue weighted by atomic mass is 14.7. The van der Waals surface area contributed by atoms with Crippen molar-refractivity contribution in [1.82, 2.24) is 0 Å². The Kier molecular flexibility index (Phi) is 3.31. The van der Waals surface area contributed by atoms with Gasteiger partial charge in [0, 0.05) is 11.8 Å². The number of hydrogen-bond acceptors (Lipinski definition) is 0. The van der Waals surface area contributed by atoms with Crippen molar-refractivity contribution in [3.8, 4) is 23.7 Å². The van der Waals surface area contributed by atoms with Gasteiger partial charge in [-0.2, -0.15) is 0 Å². The van der Waals surface area contributed by atoms with E-state index in [0.29, 0.717) is 22.7 Å². The van der Waals surface area contributed by atoms with Crippen molar-refractivity contribution in [1.29, 1.82) is 0 Å². The Morgan fingerprint density at radius 3 is 1.88 bits per heavy atom. The molecule has 6 unspecified atom stereocenters. The monoisotopic (exact) mass is 346 g/mol. The largest absolute Gasteiger partial charge is 0.106 e. The molecule has 138 valence electrons. The van der Waals surface area contributed by atoms with Crippen molar-refractivity contribution in [3.63, 3.8) is 0 Å². The van der Waals surface area contributed by atoms with E-state index in [1.165, 1.54) is 25.7 Å². The maximum atomic E-state index is 3.86. The van der Waals surface area contributed by atoms with E-state index in [1.807, 2.05) is 0 Å². The van der Waals surface area contributed by atoms with Crippen LogP contribution in [0.3, 0.4) is 0 Å². The molecule has 0 radical (unpaired) electrons. The van der Waals surface area contributed by atoms with Crippen LogP contribution in [-0.4, -0.2) is 0 Å². The van der Waals surface area contributed by atoms with Crippen LogP contribution in [0.15, 0.2) is 0 Å². The molecule has 0 aromatic heterocycles. The normalized spacial score (nSPS) is 58.1. The number of rotatable bonds is 1. The standard InChI is InChI=1S/C26H34/c1-3-5-22-21-10-20-11-23(22)24(6-4-2)26(15-20,16-21)25-12-17-7-18(13-25)9-19(8-17)14-25/h17-24H,7-16H2,1-2H3. The average Bonchev–Trinajstić information content (AvgIpc) is 2.59. The third-order valence-electron chi connectivity index (χ3n) is 10.2. The Morgan fingerprint density at radius 2 is 1.27 bits per heavy atom. The maximum absolute atomic E-state index is 3.86. The predicted octanol–water partition coefficient (Wildman–Crippen LogP) is 5.92. The van der Waals surface area contributed by atoms with Crippen molar-refractivity contribution < 1.29 is 0 Å². The van der Waals surface area contributed by atoms with E-state index in [4.69, 9.17) is 0 Å². The minimum absolute atomic E-state index is 0.564. The first-order valence-corrected chi connectivity index (χ1v) is 11.5. The smallest absolute Gasteiger partial charge is 0.0304 e. The summed E-state index contributed by atoms with van der Waals surface area (Å²) >= 11 is 0. The van der Waals surface area contributed by atoms with Crippen molar-refractivity contribution in [2.45, 2.75) is 78.1 Å². The lowest BCUT2D eigenvalue weighted by atomic mass is 9.31. The van der Waals surface area contributed by atoms with E-state index in [2.05, 4.69) is 37.5 Å². The van der Waals surface area contributed by atoms with E-state index in [-0.39, 0.29) is 0 Å². The van der Waals surface area contributed by atoms with Gasteiger partial charge in [0.15, 0.2) is 0 Å². The fraction of sp³-hybridized carbons (Fsp3) is 0.846. The third kappa shape index (κ3) is 1.90. The SMILES string of the molecule is CC#CC1C2CC3CC1C(C#CC)C(C14CC5CC(CC(C5)C1)C4)(C3)C2. The summed E-state index contributed by atoms with van der Waals surface area (Å²) in [4.78, 5) is 0. The van der Waals surface area contributed by atoms with E-state index >= 15 is 0 Å². The van der Waals surface area contributed by atoms with E-state index < -0.39 is 0 Å². The van der Waals surface area contributed by atoms with Crippen molar-refractivity contribution in [2.24, 2.45) is 58.2 Å². The van der Waals surface area contributed by atoms with Gasteiger partial charge in [0.05, 0.1) is 0 Å². The van der Waals surface area contributed by atoms with Crippen LogP contribution in [0.1, 0.15) is 78.1 Å². The Hall–Kier alpha value is -0.880. The molecule has 8 rings (SSSR count). The van der Waals surface area contributed by atoms with Crippen LogP contribution in [-0.2, 0) is 0 Å². The Labute approximate surface area is 160 Å². The Balaban J connectivity index is 1.48. The second-order valence-corrected chi connectivity index (χ2v) is 11.3. The Bertz CT molecular complexity index is 700. The molecule has 0 N–H and O–H groups in total. The highest BCUT2D eigenvalue weighted by Crippen LogP contribution is 2.77. The molecule has 8 aliphatic rings. The highest BCUT2D eigenvalue weighted by molar-refractivity contribution is 5.27. The van der Waals surface area contributed by atoms with Crippen LogP contribution >= 0.6 is 0 Å². The van der Waals surface area contributed by atoms with Gasteiger partial charge in [-0.1, -0.05) is 11.8 Å². The van der Waals surface area contributed by atoms with Crippen LogP contribution in [0.4, 0.5) is 0 Å². The van der Waals surface area contributed by atoms with Gasteiger partial charge < -0.3 is 0 Å². The first kappa shape index (κ1) is 16.1. The van der Waals surface area contributed by atoms with Crippen molar-refractivity contribution in [2.75, 3.05) is 0 Å². The summed E-state index contributed by atoms with van der Waals surface area (Å²) in [5.41, 5.74) is 1.23. The highest BCUT2D eigenvalue weighted by Gasteiger charge is 2.69. The zero-order valence-corrected chi connectivity index (χ0v) is 16.7. The summed E-state index contributed by atoms with van der Waals surface area (Å²) in [5, 5.41) is 0. The molecule has 8 fully saturated rings. The molecule has 0 aromatic carbocycles.